The predicted octanol–water partition coefficient (Wildman–Crippen LogP) is 4.27. The molecule has 3 aromatic rings. The SMILES string of the molecule is CC1=C(C#N)c2nc(N)c(C#N)c(C)c2[C@@H]1Cc1cccn1-c1ccccc1. The van der Waals surface area contributed by atoms with Gasteiger partial charge in [0.15, 0.2) is 0 Å². The molecule has 0 amide bonds. The summed E-state index contributed by atoms with van der Waals surface area (Å²) in [5.74, 6) is 0.176. The highest BCUT2D eigenvalue weighted by Crippen LogP contribution is 2.45. The molecule has 0 unspecified atom stereocenters. The van der Waals surface area contributed by atoms with E-state index in [1.54, 1.807) is 0 Å². The van der Waals surface area contributed by atoms with Crippen molar-refractivity contribution < 1.29 is 0 Å². The minimum absolute atomic E-state index is 0.0118. The van der Waals surface area contributed by atoms with Gasteiger partial charge in [-0.05, 0) is 61.2 Å². The van der Waals surface area contributed by atoms with Crippen molar-refractivity contribution in [2.75, 3.05) is 5.73 Å². The van der Waals surface area contributed by atoms with E-state index in [9.17, 15) is 10.5 Å². The van der Waals surface area contributed by atoms with Crippen molar-refractivity contribution in [3.8, 4) is 17.8 Å². The smallest absolute Gasteiger partial charge is 0.142 e. The number of nitrogen functional groups attached to an aromatic ring is 1. The first-order valence-electron chi connectivity index (χ1n) is 9.09. The molecule has 0 radical (unpaired) electrons. The fraction of sp³-hybridized carbons (Fsp3) is 0.174. The van der Waals surface area contributed by atoms with Crippen LogP contribution in [0.5, 0.6) is 0 Å². The lowest BCUT2D eigenvalue weighted by atomic mass is 9.88. The summed E-state index contributed by atoms with van der Waals surface area (Å²) in [6.45, 7) is 3.87. The number of aromatic nitrogens is 2. The molecule has 0 bridgehead atoms. The maximum absolute atomic E-state index is 9.71. The Morgan fingerprint density at radius 2 is 1.82 bits per heavy atom. The minimum atomic E-state index is -0.0118. The Kier molecular flexibility index (Phi) is 4.22. The molecular formula is C23H19N5. The fourth-order valence-electron chi connectivity index (χ4n) is 4.11. The third-order valence-electron chi connectivity index (χ3n) is 5.53. The maximum Gasteiger partial charge on any atom is 0.142 e. The molecule has 1 aromatic carbocycles. The second-order valence-electron chi connectivity index (χ2n) is 7.00. The third-order valence-corrected chi connectivity index (χ3v) is 5.53. The summed E-state index contributed by atoms with van der Waals surface area (Å²) in [5.41, 5.74) is 12.5. The first-order valence-corrected chi connectivity index (χ1v) is 9.09. The van der Waals surface area contributed by atoms with Crippen molar-refractivity contribution in [3.05, 3.63) is 82.3 Å². The summed E-state index contributed by atoms with van der Waals surface area (Å²) >= 11 is 0. The van der Waals surface area contributed by atoms with E-state index in [0.29, 0.717) is 23.3 Å². The van der Waals surface area contributed by atoms with E-state index in [1.807, 2.05) is 44.3 Å². The molecule has 5 nitrogen and oxygen atoms in total. The highest BCUT2D eigenvalue weighted by molar-refractivity contribution is 5.86. The van der Waals surface area contributed by atoms with Crippen molar-refractivity contribution in [2.24, 2.45) is 0 Å². The van der Waals surface area contributed by atoms with Gasteiger partial charge in [-0.2, -0.15) is 10.5 Å². The molecule has 4 rings (SSSR count). The van der Waals surface area contributed by atoms with E-state index in [0.717, 1.165) is 28.1 Å². The van der Waals surface area contributed by atoms with Crippen molar-refractivity contribution in [3.63, 3.8) is 0 Å². The quantitative estimate of drug-likeness (QED) is 0.750. The van der Waals surface area contributed by atoms with Gasteiger partial charge in [0.2, 0.25) is 0 Å². The van der Waals surface area contributed by atoms with Gasteiger partial charge in [0, 0.05) is 23.5 Å². The van der Waals surface area contributed by atoms with Crippen LogP contribution in [0.2, 0.25) is 0 Å². The van der Waals surface area contributed by atoms with E-state index in [1.165, 1.54) is 0 Å². The highest BCUT2D eigenvalue weighted by atomic mass is 15.0. The first-order chi connectivity index (χ1) is 13.6. The van der Waals surface area contributed by atoms with Gasteiger partial charge in [-0.25, -0.2) is 4.98 Å². The number of para-hydroxylation sites is 1. The van der Waals surface area contributed by atoms with Gasteiger partial charge in [0.25, 0.3) is 0 Å². The molecule has 2 heterocycles. The summed E-state index contributed by atoms with van der Waals surface area (Å²) in [7, 11) is 0. The summed E-state index contributed by atoms with van der Waals surface area (Å²) < 4.78 is 2.16. The summed E-state index contributed by atoms with van der Waals surface area (Å²) in [5, 5.41) is 19.2. The lowest BCUT2D eigenvalue weighted by Gasteiger charge is -2.19. The number of hydrogen-bond acceptors (Lipinski definition) is 4. The number of allylic oxidation sites excluding steroid dienone is 2. The van der Waals surface area contributed by atoms with Gasteiger partial charge >= 0.3 is 0 Å². The summed E-state index contributed by atoms with van der Waals surface area (Å²) in [6, 6.07) is 18.7. The number of rotatable bonds is 3. The van der Waals surface area contributed by atoms with Crippen LogP contribution in [0.1, 0.15) is 40.9 Å². The van der Waals surface area contributed by atoms with Crippen molar-refractivity contribution in [1.29, 1.82) is 10.5 Å². The topological polar surface area (TPSA) is 91.4 Å². The maximum atomic E-state index is 9.71. The zero-order valence-corrected chi connectivity index (χ0v) is 15.8. The Morgan fingerprint density at radius 3 is 2.50 bits per heavy atom. The molecule has 0 saturated carbocycles. The molecule has 0 fully saturated rings. The van der Waals surface area contributed by atoms with Crippen LogP contribution in [0, 0.1) is 29.6 Å². The van der Waals surface area contributed by atoms with E-state index in [-0.39, 0.29) is 11.7 Å². The summed E-state index contributed by atoms with van der Waals surface area (Å²) in [6.07, 6.45) is 2.75. The molecule has 1 aliphatic carbocycles. The lowest BCUT2D eigenvalue weighted by Crippen LogP contribution is -2.10. The number of hydrogen-bond donors (Lipinski definition) is 1. The molecular weight excluding hydrogens is 346 g/mol. The van der Waals surface area contributed by atoms with E-state index in [2.05, 4.69) is 39.9 Å². The number of fused-ring (bicyclic) bond motifs is 1. The van der Waals surface area contributed by atoms with Crippen molar-refractivity contribution >= 4 is 11.4 Å². The van der Waals surface area contributed by atoms with E-state index < -0.39 is 0 Å². The van der Waals surface area contributed by atoms with Gasteiger partial charge in [-0.15, -0.1) is 0 Å². The number of nitriles is 2. The van der Waals surface area contributed by atoms with Crippen LogP contribution in [0.4, 0.5) is 5.82 Å². The van der Waals surface area contributed by atoms with Gasteiger partial charge < -0.3 is 10.3 Å². The number of pyridine rings is 1. The molecule has 28 heavy (non-hydrogen) atoms. The zero-order chi connectivity index (χ0) is 19.8. The minimum Gasteiger partial charge on any atom is -0.383 e. The van der Waals surface area contributed by atoms with Gasteiger partial charge in [0.1, 0.15) is 18.0 Å². The molecule has 1 aliphatic rings. The second kappa shape index (κ2) is 6.72. The van der Waals surface area contributed by atoms with Crippen molar-refractivity contribution in [1.82, 2.24) is 9.55 Å². The number of anilines is 1. The molecule has 1 atom stereocenters. The van der Waals surface area contributed by atoms with Gasteiger partial charge in [-0.3, -0.25) is 0 Å². The largest absolute Gasteiger partial charge is 0.383 e. The second-order valence-corrected chi connectivity index (χ2v) is 7.00. The van der Waals surface area contributed by atoms with Crippen LogP contribution in [0.25, 0.3) is 11.3 Å². The highest BCUT2D eigenvalue weighted by Gasteiger charge is 2.34. The van der Waals surface area contributed by atoms with Crippen LogP contribution in [-0.4, -0.2) is 9.55 Å². The Bertz CT molecular complexity index is 1190. The van der Waals surface area contributed by atoms with Crippen LogP contribution in [-0.2, 0) is 6.42 Å². The molecule has 0 saturated heterocycles. The number of nitrogens with zero attached hydrogens (tertiary/aromatic N) is 4. The lowest BCUT2D eigenvalue weighted by molar-refractivity contribution is 0.755. The molecule has 136 valence electrons. The Morgan fingerprint density at radius 1 is 1.07 bits per heavy atom. The zero-order valence-electron chi connectivity index (χ0n) is 15.8. The van der Waals surface area contributed by atoms with Gasteiger partial charge in [0.05, 0.1) is 16.8 Å². The molecule has 2 aromatic heterocycles. The summed E-state index contributed by atoms with van der Waals surface area (Å²) in [4.78, 5) is 4.42. The fourth-order valence-corrected chi connectivity index (χ4v) is 4.11. The molecule has 5 heteroatoms. The van der Waals surface area contributed by atoms with Gasteiger partial charge in [-0.1, -0.05) is 18.2 Å². The van der Waals surface area contributed by atoms with Crippen LogP contribution in [0.3, 0.4) is 0 Å². The normalized spacial score (nSPS) is 15.2. The molecule has 0 spiro atoms. The van der Waals surface area contributed by atoms with Crippen molar-refractivity contribution in [2.45, 2.75) is 26.2 Å². The van der Waals surface area contributed by atoms with E-state index in [4.69, 9.17) is 5.73 Å². The third kappa shape index (κ3) is 2.57. The predicted molar refractivity (Wildman–Crippen MR) is 109 cm³/mol. The standard InChI is InChI=1S/C23H19N5/c1-14-18(11-17-9-6-10-28(17)16-7-4-3-5-8-16)21-15(2)20(13-25)23(26)27-22(21)19(14)12-24/h3-10,18H,11H2,1-2H3,(H2,26,27)/t18-/m1/s1. The molecule has 2 N–H and O–H groups in total. The van der Waals surface area contributed by atoms with E-state index >= 15 is 0 Å². The Labute approximate surface area is 164 Å². The van der Waals surface area contributed by atoms with Crippen LogP contribution < -0.4 is 5.73 Å². The number of nitrogens with two attached hydrogens (primary N) is 1. The molecule has 0 aliphatic heterocycles. The first kappa shape index (κ1) is 17.6. The Balaban J connectivity index is 1.84. The number of benzene rings is 1. The van der Waals surface area contributed by atoms with Crippen LogP contribution in [0.15, 0.2) is 54.2 Å². The monoisotopic (exact) mass is 365 g/mol. The average Bonchev–Trinajstić information content (AvgIpc) is 3.26. The Hall–Kier alpha value is -3.83. The van der Waals surface area contributed by atoms with Crippen LogP contribution >= 0.6 is 0 Å². The average molecular weight is 365 g/mol.